The van der Waals surface area contributed by atoms with Crippen LogP contribution in [-0.2, 0) is 13.1 Å². The molecule has 0 aliphatic heterocycles. The van der Waals surface area contributed by atoms with Gasteiger partial charge >= 0.3 is 0 Å². The van der Waals surface area contributed by atoms with E-state index in [1.807, 2.05) is 0 Å². The number of halogens is 3. The van der Waals surface area contributed by atoms with Crippen LogP contribution >= 0.6 is 0 Å². The van der Waals surface area contributed by atoms with Gasteiger partial charge in [-0.3, -0.25) is 0 Å². The molecule has 0 amide bonds. The average molecular weight is 282 g/mol. The number of hydrogen-bond donors (Lipinski definition) is 1. The first kappa shape index (κ1) is 14.3. The lowest BCUT2D eigenvalue weighted by molar-refractivity contribution is 0.397. The number of methoxy groups -OCH3 is 1. The second-order valence-electron chi connectivity index (χ2n) is 4.17. The lowest BCUT2D eigenvalue weighted by atomic mass is 10.2. The number of pyridine rings is 1. The molecule has 106 valence electrons. The van der Waals surface area contributed by atoms with Gasteiger partial charge in [0.25, 0.3) is 0 Å². The maximum Gasteiger partial charge on any atom is 0.213 e. The SMILES string of the molecule is COc1cc(CNCc2cc(F)c(F)cc2F)ccn1. The van der Waals surface area contributed by atoms with Crippen LogP contribution in [0.15, 0.2) is 30.5 Å². The largest absolute Gasteiger partial charge is 0.481 e. The molecule has 0 spiro atoms. The minimum Gasteiger partial charge on any atom is -0.481 e. The van der Waals surface area contributed by atoms with E-state index in [0.29, 0.717) is 18.5 Å². The lowest BCUT2D eigenvalue weighted by Crippen LogP contribution is -2.14. The van der Waals surface area contributed by atoms with Crippen molar-refractivity contribution in [2.24, 2.45) is 0 Å². The molecule has 2 aromatic rings. The van der Waals surface area contributed by atoms with E-state index < -0.39 is 17.5 Å². The summed E-state index contributed by atoms with van der Waals surface area (Å²) >= 11 is 0. The number of rotatable bonds is 5. The molecule has 0 unspecified atom stereocenters. The lowest BCUT2D eigenvalue weighted by Gasteiger charge is -2.07. The summed E-state index contributed by atoms with van der Waals surface area (Å²) in [4.78, 5) is 3.96. The van der Waals surface area contributed by atoms with Crippen LogP contribution in [-0.4, -0.2) is 12.1 Å². The molecule has 1 heterocycles. The van der Waals surface area contributed by atoms with E-state index in [9.17, 15) is 13.2 Å². The van der Waals surface area contributed by atoms with Crippen molar-refractivity contribution in [1.29, 1.82) is 0 Å². The molecule has 0 aliphatic carbocycles. The molecule has 1 aromatic carbocycles. The Morgan fingerprint density at radius 2 is 1.80 bits per heavy atom. The Kier molecular flexibility index (Phi) is 4.57. The topological polar surface area (TPSA) is 34.1 Å². The summed E-state index contributed by atoms with van der Waals surface area (Å²) < 4.78 is 44.2. The number of hydrogen-bond acceptors (Lipinski definition) is 3. The summed E-state index contributed by atoms with van der Waals surface area (Å²) in [6.07, 6.45) is 1.59. The molecule has 6 heteroatoms. The summed E-state index contributed by atoms with van der Waals surface area (Å²) in [5, 5.41) is 2.94. The van der Waals surface area contributed by atoms with E-state index in [1.165, 1.54) is 7.11 Å². The average Bonchev–Trinajstić information content (AvgIpc) is 2.44. The Morgan fingerprint density at radius 1 is 1.05 bits per heavy atom. The van der Waals surface area contributed by atoms with Crippen molar-refractivity contribution >= 4 is 0 Å². The number of nitrogens with one attached hydrogen (secondary N) is 1. The normalized spacial score (nSPS) is 10.6. The molecular formula is C14H13F3N2O. The van der Waals surface area contributed by atoms with E-state index in [4.69, 9.17) is 4.74 Å². The highest BCUT2D eigenvalue weighted by molar-refractivity contribution is 5.22. The monoisotopic (exact) mass is 282 g/mol. The molecule has 2 rings (SSSR count). The Bertz CT molecular complexity index is 605. The zero-order chi connectivity index (χ0) is 14.5. The first-order chi connectivity index (χ1) is 9.60. The van der Waals surface area contributed by atoms with Gasteiger partial charge in [-0.25, -0.2) is 18.2 Å². The minimum atomic E-state index is -1.19. The predicted molar refractivity (Wildman–Crippen MR) is 67.6 cm³/mol. The van der Waals surface area contributed by atoms with E-state index in [-0.39, 0.29) is 12.1 Å². The number of nitrogens with zero attached hydrogens (tertiary/aromatic N) is 1. The van der Waals surface area contributed by atoms with Gasteiger partial charge in [-0.2, -0.15) is 0 Å². The Hall–Kier alpha value is -2.08. The van der Waals surface area contributed by atoms with Gasteiger partial charge in [0.1, 0.15) is 5.82 Å². The molecule has 0 radical (unpaired) electrons. The van der Waals surface area contributed by atoms with Crippen LogP contribution in [0.2, 0.25) is 0 Å². The van der Waals surface area contributed by atoms with Crippen LogP contribution in [0, 0.1) is 17.5 Å². The van der Waals surface area contributed by atoms with Gasteiger partial charge in [0, 0.05) is 37.0 Å². The second-order valence-corrected chi connectivity index (χ2v) is 4.17. The fourth-order valence-electron chi connectivity index (χ4n) is 1.71. The van der Waals surface area contributed by atoms with Gasteiger partial charge in [0.15, 0.2) is 11.6 Å². The third-order valence-corrected chi connectivity index (χ3v) is 2.74. The smallest absolute Gasteiger partial charge is 0.213 e. The summed E-state index contributed by atoms with van der Waals surface area (Å²) in [5.74, 6) is -2.55. The number of aromatic nitrogens is 1. The van der Waals surface area contributed by atoms with Crippen molar-refractivity contribution < 1.29 is 17.9 Å². The Balaban J connectivity index is 1.97. The van der Waals surface area contributed by atoms with Gasteiger partial charge < -0.3 is 10.1 Å². The number of benzene rings is 1. The zero-order valence-corrected chi connectivity index (χ0v) is 10.8. The van der Waals surface area contributed by atoms with Crippen molar-refractivity contribution in [1.82, 2.24) is 10.3 Å². The fraction of sp³-hybridized carbons (Fsp3) is 0.214. The van der Waals surface area contributed by atoms with Crippen molar-refractivity contribution in [3.63, 3.8) is 0 Å². The molecular weight excluding hydrogens is 269 g/mol. The molecule has 0 fully saturated rings. The van der Waals surface area contributed by atoms with Gasteiger partial charge in [-0.15, -0.1) is 0 Å². The van der Waals surface area contributed by atoms with Crippen LogP contribution < -0.4 is 10.1 Å². The zero-order valence-electron chi connectivity index (χ0n) is 10.8. The summed E-state index contributed by atoms with van der Waals surface area (Å²) in [6, 6.07) is 4.90. The quantitative estimate of drug-likeness (QED) is 0.856. The van der Waals surface area contributed by atoms with Crippen LogP contribution in [0.3, 0.4) is 0 Å². The van der Waals surface area contributed by atoms with Gasteiger partial charge in [-0.05, 0) is 17.7 Å². The highest BCUT2D eigenvalue weighted by Crippen LogP contribution is 2.14. The standard InChI is InChI=1S/C14H13F3N2O/c1-20-14-4-9(2-3-19-14)7-18-8-10-5-12(16)13(17)6-11(10)15/h2-6,18H,7-8H2,1H3. The van der Waals surface area contributed by atoms with Crippen LogP contribution in [0.1, 0.15) is 11.1 Å². The van der Waals surface area contributed by atoms with Crippen LogP contribution in [0.4, 0.5) is 13.2 Å². The Labute approximate surface area is 114 Å². The van der Waals surface area contributed by atoms with Gasteiger partial charge in [0.2, 0.25) is 5.88 Å². The van der Waals surface area contributed by atoms with Crippen LogP contribution in [0.25, 0.3) is 0 Å². The van der Waals surface area contributed by atoms with Gasteiger partial charge in [0.05, 0.1) is 7.11 Å². The Morgan fingerprint density at radius 3 is 2.55 bits per heavy atom. The highest BCUT2D eigenvalue weighted by atomic mass is 19.2. The van der Waals surface area contributed by atoms with E-state index in [1.54, 1.807) is 18.3 Å². The molecule has 0 aliphatic rings. The van der Waals surface area contributed by atoms with Crippen molar-refractivity contribution in [3.8, 4) is 5.88 Å². The first-order valence-corrected chi connectivity index (χ1v) is 5.93. The third-order valence-electron chi connectivity index (χ3n) is 2.74. The summed E-state index contributed by atoms with van der Waals surface area (Å²) in [7, 11) is 1.51. The fourth-order valence-corrected chi connectivity index (χ4v) is 1.71. The summed E-state index contributed by atoms with van der Waals surface area (Å²) in [5.41, 5.74) is 0.963. The molecule has 20 heavy (non-hydrogen) atoms. The minimum absolute atomic E-state index is 0.0740. The maximum absolute atomic E-state index is 13.4. The van der Waals surface area contributed by atoms with E-state index >= 15 is 0 Å². The van der Waals surface area contributed by atoms with Crippen molar-refractivity contribution in [2.45, 2.75) is 13.1 Å². The first-order valence-electron chi connectivity index (χ1n) is 5.93. The molecule has 0 atom stereocenters. The predicted octanol–water partition coefficient (Wildman–Crippen LogP) is 2.80. The second kappa shape index (κ2) is 6.38. The van der Waals surface area contributed by atoms with Crippen molar-refractivity contribution in [2.75, 3.05) is 7.11 Å². The summed E-state index contributed by atoms with van der Waals surface area (Å²) in [6.45, 7) is 0.519. The van der Waals surface area contributed by atoms with Crippen molar-refractivity contribution in [3.05, 3.63) is 59.0 Å². The maximum atomic E-state index is 13.4. The third kappa shape index (κ3) is 3.48. The van der Waals surface area contributed by atoms with E-state index in [0.717, 1.165) is 11.6 Å². The molecule has 1 N–H and O–H groups in total. The molecule has 0 bridgehead atoms. The highest BCUT2D eigenvalue weighted by Gasteiger charge is 2.09. The van der Waals surface area contributed by atoms with Gasteiger partial charge in [-0.1, -0.05) is 0 Å². The van der Waals surface area contributed by atoms with E-state index in [2.05, 4.69) is 10.3 Å². The molecule has 1 aromatic heterocycles. The molecule has 3 nitrogen and oxygen atoms in total. The molecule has 0 saturated heterocycles. The molecule has 0 saturated carbocycles. The number of ether oxygens (including phenoxy) is 1. The van der Waals surface area contributed by atoms with Crippen LogP contribution in [0.5, 0.6) is 5.88 Å².